The smallest absolute Gasteiger partial charge is 0.416 e. The van der Waals surface area contributed by atoms with Crippen LogP contribution in [0.2, 0.25) is 0 Å². The summed E-state index contributed by atoms with van der Waals surface area (Å²) in [5.74, 6) is -0.470. The Morgan fingerprint density at radius 1 is 1.19 bits per heavy atom. The van der Waals surface area contributed by atoms with Gasteiger partial charge in [0.25, 0.3) is 0 Å². The maximum Gasteiger partial charge on any atom is 0.416 e. The van der Waals surface area contributed by atoms with Gasteiger partial charge < -0.3 is 33.5 Å². The lowest BCUT2D eigenvalue weighted by atomic mass is 10.0. The molecule has 3 saturated heterocycles. The fourth-order valence-electron chi connectivity index (χ4n) is 4.42. The number of morpholine rings is 1. The van der Waals surface area contributed by atoms with Crippen molar-refractivity contribution in [3.05, 3.63) is 17.4 Å². The molecule has 1 aromatic heterocycles. The average molecular weight is 437 g/mol. The number of rotatable bonds is 4. The number of benzene rings is 1. The second-order valence-electron chi connectivity index (χ2n) is 8.05. The molecular weight excluding hydrogens is 413 g/mol. The maximum atomic E-state index is 15.9. The zero-order valence-corrected chi connectivity index (χ0v) is 17.2. The molecule has 0 saturated carbocycles. The van der Waals surface area contributed by atoms with E-state index in [-0.39, 0.29) is 36.8 Å². The molecule has 5 rings (SSSR count). The van der Waals surface area contributed by atoms with Gasteiger partial charge in [0, 0.05) is 18.7 Å². The van der Waals surface area contributed by atoms with Gasteiger partial charge in [0.2, 0.25) is 5.58 Å². The molecule has 2 aromatic rings. The van der Waals surface area contributed by atoms with Crippen molar-refractivity contribution in [2.45, 2.75) is 38.4 Å². The van der Waals surface area contributed by atoms with Crippen LogP contribution in [0.15, 0.2) is 10.6 Å². The summed E-state index contributed by atoms with van der Waals surface area (Å²) in [5, 5.41) is 13.6. The standard InChI is InChI=1S/C20H24FN3O7/c1-10-6-23(7-11(2)29-10)16-13(19-27-3-4-28-19)5-14-17(15(16)21)31-22-18(14)24-8-12(9-25)30-20(24)26/h5,10-12,19,25H,3-4,6-9H2,1-2H3/t10-,11-,12-/m1/s1. The molecule has 4 heterocycles. The Morgan fingerprint density at radius 2 is 1.90 bits per heavy atom. The zero-order valence-electron chi connectivity index (χ0n) is 17.2. The molecule has 1 amide bonds. The first-order valence-corrected chi connectivity index (χ1v) is 10.3. The summed E-state index contributed by atoms with van der Waals surface area (Å²) in [4.78, 5) is 15.4. The highest BCUT2D eigenvalue weighted by atomic mass is 19.1. The van der Waals surface area contributed by atoms with E-state index in [2.05, 4.69) is 5.16 Å². The Balaban J connectivity index is 1.63. The van der Waals surface area contributed by atoms with E-state index in [0.29, 0.717) is 42.9 Å². The minimum absolute atomic E-state index is 0.0706. The van der Waals surface area contributed by atoms with E-state index in [9.17, 15) is 9.90 Å². The molecular formula is C20H24FN3O7. The van der Waals surface area contributed by atoms with Gasteiger partial charge in [-0.25, -0.2) is 9.18 Å². The lowest BCUT2D eigenvalue weighted by molar-refractivity contribution is -0.0445. The van der Waals surface area contributed by atoms with Crippen molar-refractivity contribution < 1.29 is 37.8 Å². The Kier molecular flexibility index (Phi) is 5.21. The SMILES string of the molecule is C[C@@H]1CN(c2c(C3OCCO3)cc3c(N4C[C@H](CO)OC4=O)noc3c2F)C[C@@H](C)O1. The monoisotopic (exact) mass is 437 g/mol. The number of nitrogens with zero attached hydrogens (tertiary/aromatic N) is 3. The van der Waals surface area contributed by atoms with Gasteiger partial charge in [0.05, 0.1) is 49.6 Å². The summed E-state index contributed by atoms with van der Waals surface area (Å²) in [7, 11) is 0. The quantitative estimate of drug-likeness (QED) is 0.768. The van der Waals surface area contributed by atoms with E-state index in [0.717, 1.165) is 0 Å². The van der Waals surface area contributed by atoms with E-state index >= 15 is 4.39 Å². The Bertz CT molecular complexity index is 983. The molecule has 3 aliphatic heterocycles. The second kappa shape index (κ2) is 7.90. The summed E-state index contributed by atoms with van der Waals surface area (Å²) in [5.41, 5.74) is 0.750. The first kappa shape index (κ1) is 20.4. The number of carbonyl (C=O) groups is 1. The molecule has 0 bridgehead atoms. The highest BCUT2D eigenvalue weighted by Gasteiger charge is 2.38. The van der Waals surface area contributed by atoms with Gasteiger partial charge in [-0.1, -0.05) is 5.16 Å². The van der Waals surface area contributed by atoms with Gasteiger partial charge in [-0.05, 0) is 19.9 Å². The molecule has 1 N–H and O–H groups in total. The number of hydrogen-bond donors (Lipinski definition) is 1. The number of amides is 1. The van der Waals surface area contributed by atoms with E-state index < -0.39 is 24.3 Å². The molecule has 0 radical (unpaired) electrons. The number of aromatic nitrogens is 1. The number of aliphatic hydroxyl groups excluding tert-OH is 1. The minimum Gasteiger partial charge on any atom is -0.441 e. The first-order valence-electron chi connectivity index (χ1n) is 10.3. The van der Waals surface area contributed by atoms with Gasteiger partial charge in [-0.2, -0.15) is 0 Å². The summed E-state index contributed by atoms with van der Waals surface area (Å²) in [6.45, 7) is 5.41. The molecule has 3 fully saturated rings. The molecule has 168 valence electrons. The van der Waals surface area contributed by atoms with Crippen LogP contribution in [0.25, 0.3) is 11.0 Å². The Hall–Kier alpha value is -2.47. The normalized spacial score (nSPS) is 27.5. The molecule has 31 heavy (non-hydrogen) atoms. The van der Waals surface area contributed by atoms with E-state index in [4.69, 9.17) is 23.5 Å². The molecule has 1 aromatic carbocycles. The molecule has 11 heteroatoms. The van der Waals surface area contributed by atoms with E-state index in [1.165, 1.54) is 4.90 Å². The van der Waals surface area contributed by atoms with Gasteiger partial charge in [-0.15, -0.1) is 0 Å². The summed E-state index contributed by atoms with van der Waals surface area (Å²) >= 11 is 0. The fraction of sp³-hybridized carbons (Fsp3) is 0.600. The highest BCUT2D eigenvalue weighted by Crippen LogP contribution is 2.42. The molecule has 3 atom stereocenters. The third-order valence-corrected chi connectivity index (χ3v) is 5.63. The summed E-state index contributed by atoms with van der Waals surface area (Å²) in [6.07, 6.45) is -2.28. The van der Waals surface area contributed by atoms with Crippen molar-refractivity contribution >= 4 is 28.6 Å². The number of carbonyl (C=O) groups excluding carboxylic acids is 1. The van der Waals surface area contributed by atoms with Crippen LogP contribution in [-0.2, 0) is 18.9 Å². The molecule has 0 spiro atoms. The van der Waals surface area contributed by atoms with Crippen LogP contribution in [0.3, 0.4) is 0 Å². The lowest BCUT2D eigenvalue weighted by Crippen LogP contribution is -2.46. The van der Waals surface area contributed by atoms with Crippen molar-refractivity contribution in [3.8, 4) is 0 Å². The zero-order chi connectivity index (χ0) is 21.7. The van der Waals surface area contributed by atoms with Crippen molar-refractivity contribution in [1.29, 1.82) is 0 Å². The number of fused-ring (bicyclic) bond motifs is 1. The van der Waals surface area contributed by atoms with E-state index in [1.807, 2.05) is 18.7 Å². The van der Waals surface area contributed by atoms with Crippen molar-refractivity contribution in [1.82, 2.24) is 5.16 Å². The van der Waals surface area contributed by atoms with Crippen LogP contribution in [0.5, 0.6) is 0 Å². The molecule has 0 unspecified atom stereocenters. The largest absolute Gasteiger partial charge is 0.441 e. The summed E-state index contributed by atoms with van der Waals surface area (Å²) < 4.78 is 43.5. The number of cyclic esters (lactones) is 1. The number of anilines is 2. The number of ether oxygens (including phenoxy) is 4. The predicted octanol–water partition coefficient (Wildman–Crippen LogP) is 1.94. The first-order chi connectivity index (χ1) is 15.0. The van der Waals surface area contributed by atoms with Gasteiger partial charge in [0.15, 0.2) is 17.9 Å². The second-order valence-corrected chi connectivity index (χ2v) is 8.05. The summed E-state index contributed by atoms with van der Waals surface area (Å²) in [6, 6.07) is 1.69. The van der Waals surface area contributed by atoms with Crippen LogP contribution < -0.4 is 9.80 Å². The number of aliphatic hydroxyl groups is 1. The predicted molar refractivity (Wildman–Crippen MR) is 106 cm³/mol. The van der Waals surface area contributed by atoms with Crippen LogP contribution >= 0.6 is 0 Å². The van der Waals surface area contributed by atoms with Gasteiger partial charge in [0.1, 0.15) is 6.10 Å². The van der Waals surface area contributed by atoms with Crippen LogP contribution in [0.4, 0.5) is 20.7 Å². The Morgan fingerprint density at radius 3 is 2.55 bits per heavy atom. The van der Waals surface area contributed by atoms with Crippen molar-refractivity contribution in [2.24, 2.45) is 0 Å². The van der Waals surface area contributed by atoms with E-state index in [1.54, 1.807) is 6.07 Å². The minimum atomic E-state index is -0.749. The fourth-order valence-corrected chi connectivity index (χ4v) is 4.42. The lowest BCUT2D eigenvalue weighted by Gasteiger charge is -2.38. The number of hydrogen-bond acceptors (Lipinski definition) is 9. The topological polar surface area (TPSA) is 107 Å². The van der Waals surface area contributed by atoms with Crippen LogP contribution in [0, 0.1) is 5.82 Å². The molecule has 10 nitrogen and oxygen atoms in total. The average Bonchev–Trinajstić information content (AvgIpc) is 3.46. The van der Waals surface area contributed by atoms with Gasteiger partial charge in [-0.3, -0.25) is 4.90 Å². The third-order valence-electron chi connectivity index (χ3n) is 5.63. The van der Waals surface area contributed by atoms with Crippen molar-refractivity contribution in [3.63, 3.8) is 0 Å². The van der Waals surface area contributed by atoms with Crippen LogP contribution in [0.1, 0.15) is 25.7 Å². The Labute approximate surface area is 177 Å². The molecule has 3 aliphatic rings. The van der Waals surface area contributed by atoms with Crippen LogP contribution in [-0.4, -0.2) is 74.1 Å². The van der Waals surface area contributed by atoms with Gasteiger partial charge >= 0.3 is 6.09 Å². The molecule has 0 aliphatic carbocycles. The maximum absolute atomic E-state index is 15.9. The number of halogens is 1. The van der Waals surface area contributed by atoms with Crippen molar-refractivity contribution in [2.75, 3.05) is 49.3 Å². The third kappa shape index (κ3) is 3.51. The highest BCUT2D eigenvalue weighted by molar-refractivity contribution is 6.00.